The van der Waals surface area contributed by atoms with Crippen LogP contribution in [0.15, 0.2) is 22.8 Å². The maximum Gasteiger partial charge on any atom is 0.221 e. The second kappa shape index (κ2) is 3.72. The van der Waals surface area contributed by atoms with E-state index in [2.05, 4.69) is 19.2 Å². The van der Waals surface area contributed by atoms with Crippen molar-refractivity contribution in [2.45, 2.75) is 44.6 Å². The lowest BCUT2D eigenvalue weighted by Gasteiger charge is -2.30. The smallest absolute Gasteiger partial charge is 0.221 e. The molecular weight excluding hydrogens is 190 g/mol. The highest BCUT2D eigenvalue weighted by atomic mass is 16.3. The highest BCUT2D eigenvalue weighted by molar-refractivity contribution is 5.81. The molecule has 1 aromatic rings. The van der Waals surface area contributed by atoms with Gasteiger partial charge in [-0.05, 0) is 25.0 Å². The van der Waals surface area contributed by atoms with Gasteiger partial charge in [0.05, 0.1) is 11.7 Å². The molecule has 0 aromatic carbocycles. The topological polar surface area (TPSA) is 42.2 Å². The largest absolute Gasteiger partial charge is 0.469 e. The number of furan rings is 1. The molecule has 1 saturated heterocycles. The molecule has 0 radical (unpaired) electrons. The highest BCUT2D eigenvalue weighted by Crippen LogP contribution is 2.40. The Morgan fingerprint density at radius 1 is 1.60 bits per heavy atom. The van der Waals surface area contributed by atoms with E-state index in [0.717, 1.165) is 18.6 Å². The fourth-order valence-corrected chi connectivity index (χ4v) is 2.65. The van der Waals surface area contributed by atoms with Crippen molar-refractivity contribution < 1.29 is 9.21 Å². The molecule has 1 aliphatic rings. The Balaban J connectivity index is 2.39. The Hall–Kier alpha value is -1.25. The summed E-state index contributed by atoms with van der Waals surface area (Å²) in [6.45, 7) is 4.22. The summed E-state index contributed by atoms with van der Waals surface area (Å²) in [5.41, 5.74) is -0.130. The molecule has 2 unspecified atom stereocenters. The number of carbonyl (C=O) groups excluding carboxylic acids is 1. The van der Waals surface area contributed by atoms with Crippen LogP contribution in [0.4, 0.5) is 0 Å². The zero-order chi connectivity index (χ0) is 10.9. The van der Waals surface area contributed by atoms with Crippen molar-refractivity contribution in [3.63, 3.8) is 0 Å². The number of hydrogen-bond donors (Lipinski definition) is 1. The molecule has 2 atom stereocenters. The lowest BCUT2D eigenvalue weighted by molar-refractivity contribution is -0.119. The van der Waals surface area contributed by atoms with Crippen LogP contribution in [0.3, 0.4) is 0 Å². The summed E-state index contributed by atoms with van der Waals surface area (Å²) >= 11 is 0. The van der Waals surface area contributed by atoms with Gasteiger partial charge in [-0.2, -0.15) is 0 Å². The fourth-order valence-electron chi connectivity index (χ4n) is 2.65. The van der Waals surface area contributed by atoms with E-state index in [4.69, 9.17) is 4.42 Å². The zero-order valence-electron chi connectivity index (χ0n) is 9.25. The minimum atomic E-state index is -0.130. The van der Waals surface area contributed by atoms with Crippen LogP contribution in [0.25, 0.3) is 0 Å². The Bertz CT molecular complexity index is 345. The minimum absolute atomic E-state index is 0.130. The fraction of sp³-hybridized carbons (Fsp3) is 0.583. The molecule has 1 aliphatic heterocycles. The normalized spacial score (nSPS) is 30.5. The van der Waals surface area contributed by atoms with Crippen LogP contribution in [0, 0.1) is 0 Å². The van der Waals surface area contributed by atoms with Gasteiger partial charge >= 0.3 is 0 Å². The molecule has 1 N–H and O–H groups in total. The van der Waals surface area contributed by atoms with E-state index >= 15 is 0 Å². The molecule has 0 bridgehead atoms. The lowest BCUT2D eigenvalue weighted by Crippen LogP contribution is -2.39. The highest BCUT2D eigenvalue weighted by Gasteiger charge is 2.47. The molecule has 15 heavy (non-hydrogen) atoms. The monoisotopic (exact) mass is 207 g/mol. The third-order valence-corrected chi connectivity index (χ3v) is 3.53. The lowest BCUT2D eigenvalue weighted by atomic mass is 9.75. The molecule has 0 spiro atoms. The molecule has 0 aliphatic carbocycles. The maximum atomic E-state index is 11.5. The van der Waals surface area contributed by atoms with Gasteiger partial charge in [0.25, 0.3) is 0 Å². The molecule has 1 aromatic heterocycles. The number of nitrogens with one attached hydrogen (secondary N) is 1. The second-order valence-corrected chi connectivity index (χ2v) is 4.19. The Kier molecular flexibility index (Phi) is 2.55. The SMILES string of the molecule is CCC1NC(=O)CC1(CC)c1ccco1. The zero-order valence-corrected chi connectivity index (χ0v) is 9.25. The van der Waals surface area contributed by atoms with Gasteiger partial charge < -0.3 is 9.73 Å². The Labute approximate surface area is 89.9 Å². The molecular formula is C12H17NO2. The summed E-state index contributed by atoms with van der Waals surface area (Å²) in [5, 5.41) is 3.03. The van der Waals surface area contributed by atoms with Crippen LogP contribution in [0.5, 0.6) is 0 Å². The first-order chi connectivity index (χ1) is 7.23. The van der Waals surface area contributed by atoms with E-state index < -0.39 is 0 Å². The average Bonchev–Trinajstić information content (AvgIpc) is 2.84. The summed E-state index contributed by atoms with van der Waals surface area (Å²) < 4.78 is 5.50. The van der Waals surface area contributed by atoms with Gasteiger partial charge in [-0.25, -0.2) is 0 Å². The van der Waals surface area contributed by atoms with Crippen molar-refractivity contribution >= 4 is 5.91 Å². The van der Waals surface area contributed by atoms with Gasteiger partial charge in [-0.15, -0.1) is 0 Å². The predicted octanol–water partition coefficient (Wildman–Crippen LogP) is 2.23. The van der Waals surface area contributed by atoms with E-state index in [1.807, 2.05) is 12.1 Å². The molecule has 2 rings (SSSR count). The van der Waals surface area contributed by atoms with Crippen LogP contribution in [-0.4, -0.2) is 11.9 Å². The number of rotatable bonds is 3. The predicted molar refractivity (Wildman–Crippen MR) is 57.5 cm³/mol. The molecule has 2 heterocycles. The van der Waals surface area contributed by atoms with Crippen LogP contribution in [0.1, 0.15) is 38.9 Å². The van der Waals surface area contributed by atoms with Crippen LogP contribution in [0.2, 0.25) is 0 Å². The molecule has 1 amide bonds. The van der Waals surface area contributed by atoms with Gasteiger partial charge in [-0.1, -0.05) is 13.8 Å². The van der Waals surface area contributed by atoms with Crippen molar-refractivity contribution in [3.05, 3.63) is 24.2 Å². The van der Waals surface area contributed by atoms with E-state index in [9.17, 15) is 4.79 Å². The van der Waals surface area contributed by atoms with Crippen molar-refractivity contribution in [2.75, 3.05) is 0 Å². The first-order valence-electron chi connectivity index (χ1n) is 5.56. The van der Waals surface area contributed by atoms with Crippen molar-refractivity contribution in [2.24, 2.45) is 0 Å². The summed E-state index contributed by atoms with van der Waals surface area (Å²) in [4.78, 5) is 11.5. The van der Waals surface area contributed by atoms with E-state index in [-0.39, 0.29) is 17.4 Å². The summed E-state index contributed by atoms with van der Waals surface area (Å²) in [6.07, 6.45) is 4.11. The third-order valence-electron chi connectivity index (χ3n) is 3.53. The quantitative estimate of drug-likeness (QED) is 0.825. The third kappa shape index (κ3) is 1.46. The molecule has 0 saturated carbocycles. The number of amides is 1. The molecule has 3 heteroatoms. The Morgan fingerprint density at radius 3 is 2.93 bits per heavy atom. The van der Waals surface area contributed by atoms with Gasteiger partial charge in [0, 0.05) is 12.5 Å². The summed E-state index contributed by atoms with van der Waals surface area (Å²) in [6, 6.07) is 4.08. The van der Waals surface area contributed by atoms with E-state index in [1.165, 1.54) is 0 Å². The maximum absolute atomic E-state index is 11.5. The van der Waals surface area contributed by atoms with Gasteiger partial charge in [0.2, 0.25) is 5.91 Å². The van der Waals surface area contributed by atoms with Gasteiger partial charge in [0.15, 0.2) is 0 Å². The minimum Gasteiger partial charge on any atom is -0.469 e. The van der Waals surface area contributed by atoms with Crippen molar-refractivity contribution in [3.8, 4) is 0 Å². The molecule has 1 fully saturated rings. The van der Waals surface area contributed by atoms with Crippen LogP contribution in [-0.2, 0) is 10.2 Å². The number of carbonyl (C=O) groups is 1. The summed E-state index contributed by atoms with van der Waals surface area (Å²) in [7, 11) is 0. The summed E-state index contributed by atoms with van der Waals surface area (Å²) in [5.74, 6) is 1.08. The average molecular weight is 207 g/mol. The Morgan fingerprint density at radius 2 is 2.40 bits per heavy atom. The standard InChI is InChI=1S/C12H17NO2/c1-3-9-12(4-2,8-11(14)13-9)10-6-5-7-15-10/h5-7,9H,3-4,8H2,1-2H3,(H,13,14). The first kappa shape index (κ1) is 10.3. The molecule has 3 nitrogen and oxygen atoms in total. The first-order valence-corrected chi connectivity index (χ1v) is 5.56. The number of hydrogen-bond acceptors (Lipinski definition) is 2. The second-order valence-electron chi connectivity index (χ2n) is 4.19. The van der Waals surface area contributed by atoms with E-state index in [0.29, 0.717) is 6.42 Å². The van der Waals surface area contributed by atoms with Crippen LogP contribution < -0.4 is 5.32 Å². The van der Waals surface area contributed by atoms with Crippen LogP contribution >= 0.6 is 0 Å². The van der Waals surface area contributed by atoms with Gasteiger partial charge in [0.1, 0.15) is 5.76 Å². The van der Waals surface area contributed by atoms with Crippen molar-refractivity contribution in [1.82, 2.24) is 5.32 Å². The van der Waals surface area contributed by atoms with Crippen molar-refractivity contribution in [1.29, 1.82) is 0 Å². The van der Waals surface area contributed by atoms with E-state index in [1.54, 1.807) is 6.26 Å². The molecule has 82 valence electrons. The van der Waals surface area contributed by atoms with Gasteiger partial charge in [-0.3, -0.25) is 4.79 Å².